The Morgan fingerprint density at radius 2 is 0.728 bits per heavy atom. The molecule has 22 heteroatoms. The Morgan fingerprint density at radius 3 is 1.06 bits per heavy atom. The van der Waals surface area contributed by atoms with Crippen molar-refractivity contribution in [2.75, 3.05) is 66.6 Å². The van der Waals surface area contributed by atoms with E-state index in [1.54, 1.807) is 6.92 Å². The van der Waals surface area contributed by atoms with Crippen molar-refractivity contribution >= 4 is 59.7 Å². The normalized spacial score (nSPS) is 19.5. The first-order valence-electron chi connectivity index (χ1n) is 27.6. The molecule has 81 heavy (non-hydrogen) atoms. The molecule has 0 amide bonds. The van der Waals surface area contributed by atoms with Crippen LogP contribution in [0.5, 0.6) is 23.0 Å². The van der Waals surface area contributed by atoms with Crippen molar-refractivity contribution < 1.29 is 105 Å². The average molecular weight is 1140 g/mol. The van der Waals surface area contributed by atoms with E-state index >= 15 is 0 Å². The second kappa shape index (κ2) is 34.6. The molecule has 3 aliphatic carbocycles. The van der Waals surface area contributed by atoms with Gasteiger partial charge in [-0.15, -0.1) is 0 Å². The first kappa shape index (κ1) is 64.4. The van der Waals surface area contributed by atoms with Gasteiger partial charge in [-0.3, -0.25) is 28.8 Å². The molecular weight excluding hydrogens is 1060 g/mol. The van der Waals surface area contributed by atoms with E-state index in [0.29, 0.717) is 83.7 Å². The van der Waals surface area contributed by atoms with E-state index in [-0.39, 0.29) is 125 Å². The summed E-state index contributed by atoms with van der Waals surface area (Å²) in [6.45, 7) is 9.54. The maximum atomic E-state index is 13.5. The number of hydrogen-bond acceptors (Lipinski definition) is 22. The molecule has 2 aromatic carbocycles. The molecule has 0 aromatic heterocycles. The van der Waals surface area contributed by atoms with Crippen molar-refractivity contribution in [2.24, 2.45) is 35.5 Å². The molecule has 3 aliphatic rings. The lowest BCUT2D eigenvalue weighted by Gasteiger charge is -2.26. The molecule has 0 unspecified atom stereocenters. The molecule has 5 rings (SSSR count). The van der Waals surface area contributed by atoms with Gasteiger partial charge < -0.3 is 56.8 Å². The maximum Gasteiger partial charge on any atom is 0.342 e. The fraction of sp³-hybridized carbons (Fsp3) is 0.559. The van der Waals surface area contributed by atoms with E-state index in [4.69, 9.17) is 56.8 Å². The second-order valence-electron chi connectivity index (χ2n) is 19.6. The number of benzene rings is 2. The lowest BCUT2D eigenvalue weighted by atomic mass is 9.82. The van der Waals surface area contributed by atoms with Crippen LogP contribution in [0.25, 0.3) is 0 Å². The van der Waals surface area contributed by atoms with E-state index in [1.807, 2.05) is 0 Å². The van der Waals surface area contributed by atoms with Gasteiger partial charge in [0.2, 0.25) is 0 Å². The Morgan fingerprint density at radius 1 is 0.407 bits per heavy atom. The van der Waals surface area contributed by atoms with Gasteiger partial charge >= 0.3 is 59.7 Å². The Bertz CT molecular complexity index is 2490. The molecule has 3 saturated carbocycles. The van der Waals surface area contributed by atoms with Crippen LogP contribution in [0, 0.1) is 35.5 Å². The summed E-state index contributed by atoms with van der Waals surface area (Å²) in [4.78, 5) is 128. The molecule has 0 saturated heterocycles. The predicted octanol–water partition coefficient (Wildman–Crippen LogP) is 7.53. The Labute approximate surface area is 470 Å². The minimum absolute atomic E-state index is 0.0129. The fourth-order valence-corrected chi connectivity index (χ4v) is 9.28. The van der Waals surface area contributed by atoms with Crippen molar-refractivity contribution in [1.82, 2.24) is 0 Å². The summed E-state index contributed by atoms with van der Waals surface area (Å²) in [5.41, 5.74) is -0.336. The van der Waals surface area contributed by atoms with Gasteiger partial charge in [-0.25, -0.2) is 19.2 Å². The second-order valence-corrected chi connectivity index (χ2v) is 19.6. The highest BCUT2D eigenvalue weighted by Crippen LogP contribution is 2.36. The summed E-state index contributed by atoms with van der Waals surface area (Å²) in [6.07, 6.45) is 8.12. The number of esters is 10. The molecule has 2 aromatic rings. The van der Waals surface area contributed by atoms with Crippen LogP contribution in [-0.4, -0.2) is 126 Å². The van der Waals surface area contributed by atoms with Crippen LogP contribution in [0.4, 0.5) is 0 Å². The zero-order chi connectivity index (χ0) is 58.5. The summed E-state index contributed by atoms with van der Waals surface area (Å²) < 4.78 is 64.5. The number of carbonyl (C=O) groups excluding carboxylic acids is 10. The van der Waals surface area contributed by atoms with Crippen LogP contribution < -0.4 is 18.9 Å². The van der Waals surface area contributed by atoms with E-state index < -0.39 is 83.3 Å². The summed E-state index contributed by atoms with van der Waals surface area (Å²) in [7, 11) is 1.43. The third-order valence-corrected chi connectivity index (χ3v) is 14.0. The van der Waals surface area contributed by atoms with Gasteiger partial charge in [0.1, 0.15) is 47.3 Å². The maximum absolute atomic E-state index is 13.5. The largest absolute Gasteiger partial charge is 0.465 e. The number of rotatable bonds is 31. The van der Waals surface area contributed by atoms with Gasteiger partial charge in [0.15, 0.2) is 0 Å². The van der Waals surface area contributed by atoms with Crippen molar-refractivity contribution in [3.05, 3.63) is 72.8 Å². The van der Waals surface area contributed by atoms with E-state index in [2.05, 4.69) is 13.2 Å². The van der Waals surface area contributed by atoms with Crippen LogP contribution in [0.2, 0.25) is 0 Å². The number of methoxy groups -OCH3 is 1. The minimum Gasteiger partial charge on any atom is -0.465 e. The van der Waals surface area contributed by atoms with Gasteiger partial charge in [0.25, 0.3) is 0 Å². The molecule has 0 bridgehead atoms. The number of carbonyl (C=O) groups is 10. The van der Waals surface area contributed by atoms with Gasteiger partial charge in [-0.05, 0) is 146 Å². The quantitative estimate of drug-likeness (QED) is 0.0232. The first-order chi connectivity index (χ1) is 39.1. The standard InChI is InChI=1S/C59H74O22/c1-5-50(60)72-28-8-10-30-74-52(62)38-12-16-42(17-13-38)56(66)80-48-26-24-44(36-46(48)58(68)76-34-32-70-4)78-54(64)40-20-22-41(23-21-40)55(65)79-45-25-27-49(47(37-45)59(69)77-35-33-71-7-3)81-57(67)43-18-14-39(15-19-43)53(63)75-31-11-9-29-73-51(61)6-2/h5-6,24-27,36-43H,1-2,7-23,28-35H2,3-4H3. The van der Waals surface area contributed by atoms with Crippen LogP contribution in [0.15, 0.2) is 61.7 Å². The lowest BCUT2D eigenvalue weighted by molar-refractivity contribution is -0.152. The van der Waals surface area contributed by atoms with Gasteiger partial charge in [0, 0.05) is 25.9 Å². The summed E-state index contributed by atoms with van der Waals surface area (Å²) >= 11 is 0. The van der Waals surface area contributed by atoms with Crippen LogP contribution in [-0.2, 0) is 76.3 Å². The van der Waals surface area contributed by atoms with Crippen LogP contribution >= 0.6 is 0 Å². The average Bonchev–Trinajstić information content (AvgIpc) is 3.50. The van der Waals surface area contributed by atoms with Crippen LogP contribution in [0.1, 0.15) is 130 Å². The molecule has 0 aliphatic heterocycles. The molecule has 442 valence electrons. The zero-order valence-corrected chi connectivity index (χ0v) is 46.2. The van der Waals surface area contributed by atoms with Crippen molar-refractivity contribution in [2.45, 2.75) is 110 Å². The number of unbranched alkanes of at least 4 members (excludes halogenated alkanes) is 2. The summed E-state index contributed by atoms with van der Waals surface area (Å²) in [6, 6.07) is 7.94. The van der Waals surface area contributed by atoms with Crippen molar-refractivity contribution in [1.29, 1.82) is 0 Å². The molecule has 0 radical (unpaired) electrons. The minimum atomic E-state index is -0.856. The topological polar surface area (TPSA) is 281 Å². The Kier molecular flexibility index (Phi) is 27.5. The molecule has 0 spiro atoms. The van der Waals surface area contributed by atoms with Gasteiger partial charge in [0.05, 0.1) is 75.1 Å². The summed E-state index contributed by atoms with van der Waals surface area (Å²) in [5.74, 6) is -9.37. The van der Waals surface area contributed by atoms with Crippen molar-refractivity contribution in [3.8, 4) is 23.0 Å². The highest BCUT2D eigenvalue weighted by molar-refractivity contribution is 5.95. The third kappa shape index (κ3) is 21.5. The SMILES string of the molecule is C=CC(=O)OCCCCOC(=O)C1CCC(C(=O)Oc2ccc(OC(=O)C3CCC(C(=O)Oc4ccc(OC(=O)C5CCC(C(=O)OCCCCOC(=O)C=C)CC5)c(C(=O)OCCOCC)c4)CC3)cc2C(=O)OCCOC)CC1. The molecule has 3 fully saturated rings. The van der Waals surface area contributed by atoms with E-state index in [9.17, 15) is 47.9 Å². The number of ether oxygens (including phenoxy) is 12. The zero-order valence-electron chi connectivity index (χ0n) is 46.2. The highest BCUT2D eigenvalue weighted by atomic mass is 16.6. The van der Waals surface area contributed by atoms with Crippen LogP contribution in [0.3, 0.4) is 0 Å². The molecular formula is C59H74O22. The van der Waals surface area contributed by atoms with E-state index in [1.165, 1.54) is 43.5 Å². The monoisotopic (exact) mass is 1130 g/mol. The predicted molar refractivity (Wildman–Crippen MR) is 283 cm³/mol. The van der Waals surface area contributed by atoms with Gasteiger partial charge in [-0.2, -0.15) is 0 Å². The smallest absolute Gasteiger partial charge is 0.342 e. The molecule has 0 N–H and O–H groups in total. The highest BCUT2D eigenvalue weighted by Gasteiger charge is 2.36. The Hall–Kier alpha value is -7.46. The number of hydrogen-bond donors (Lipinski definition) is 0. The van der Waals surface area contributed by atoms with Gasteiger partial charge in [-0.1, -0.05) is 13.2 Å². The fourth-order valence-electron chi connectivity index (χ4n) is 9.28. The van der Waals surface area contributed by atoms with Crippen molar-refractivity contribution in [3.63, 3.8) is 0 Å². The first-order valence-corrected chi connectivity index (χ1v) is 27.6. The molecule has 0 heterocycles. The lowest BCUT2D eigenvalue weighted by Crippen LogP contribution is -2.30. The molecule has 0 atom stereocenters. The third-order valence-electron chi connectivity index (χ3n) is 14.0. The Balaban J connectivity index is 1.11. The van der Waals surface area contributed by atoms with E-state index in [0.717, 1.165) is 12.2 Å². The molecule has 22 nitrogen and oxygen atoms in total. The summed E-state index contributed by atoms with van der Waals surface area (Å²) in [5, 5.41) is 0.